The average Bonchev–Trinajstić information content (AvgIpc) is 2.08. The molecule has 1 atom stereocenters. The van der Waals surface area contributed by atoms with Crippen molar-refractivity contribution in [1.29, 1.82) is 0 Å². The van der Waals surface area contributed by atoms with Crippen LogP contribution in [0.3, 0.4) is 0 Å². The zero-order chi connectivity index (χ0) is 9.14. The number of alkyl halides is 1. The fourth-order valence-corrected chi connectivity index (χ4v) is 1.35. The Morgan fingerprint density at radius 2 is 2.25 bits per heavy atom. The van der Waals surface area contributed by atoms with E-state index in [4.69, 9.17) is 17.3 Å². The number of nitrogens with two attached hydrogens (primary N) is 1. The first-order chi connectivity index (χ1) is 5.65. The Morgan fingerprint density at radius 3 is 2.75 bits per heavy atom. The monoisotopic (exact) mass is 251 g/mol. The van der Waals surface area contributed by atoms with E-state index < -0.39 is 12.7 Å². The Balaban J connectivity index is 2.96. The van der Waals surface area contributed by atoms with E-state index in [-0.39, 0.29) is 0 Å². The predicted molar refractivity (Wildman–Crippen MR) is 52.1 cm³/mol. The van der Waals surface area contributed by atoms with Gasteiger partial charge in [0, 0.05) is 4.47 Å². The van der Waals surface area contributed by atoms with Gasteiger partial charge in [-0.05, 0) is 33.6 Å². The van der Waals surface area contributed by atoms with Gasteiger partial charge in [-0.3, -0.25) is 0 Å². The molecule has 0 radical (unpaired) electrons. The Hall–Kier alpha value is -0.120. The van der Waals surface area contributed by atoms with Crippen LogP contribution in [0.1, 0.15) is 11.6 Å². The van der Waals surface area contributed by atoms with Gasteiger partial charge >= 0.3 is 0 Å². The van der Waals surface area contributed by atoms with Crippen LogP contribution in [-0.2, 0) is 0 Å². The molecule has 0 heterocycles. The number of benzene rings is 1. The van der Waals surface area contributed by atoms with Gasteiger partial charge in [0.25, 0.3) is 0 Å². The lowest BCUT2D eigenvalue weighted by Gasteiger charge is -2.07. The number of rotatable bonds is 2. The molecular weight excluding hydrogens is 244 g/mol. The van der Waals surface area contributed by atoms with Crippen molar-refractivity contribution in [2.75, 3.05) is 6.67 Å². The maximum absolute atomic E-state index is 12.1. The summed E-state index contributed by atoms with van der Waals surface area (Å²) in [7, 11) is 0. The van der Waals surface area contributed by atoms with Crippen LogP contribution in [0.15, 0.2) is 22.7 Å². The highest BCUT2D eigenvalue weighted by Crippen LogP contribution is 2.25. The maximum atomic E-state index is 12.1. The molecule has 0 aliphatic rings. The third-order valence-electron chi connectivity index (χ3n) is 1.54. The number of hydrogen-bond donors (Lipinski definition) is 1. The Labute approximate surface area is 83.8 Å². The van der Waals surface area contributed by atoms with E-state index in [2.05, 4.69) is 15.9 Å². The molecule has 12 heavy (non-hydrogen) atoms. The molecule has 0 fully saturated rings. The fourth-order valence-electron chi connectivity index (χ4n) is 0.832. The van der Waals surface area contributed by atoms with E-state index >= 15 is 0 Å². The van der Waals surface area contributed by atoms with Crippen LogP contribution in [0, 0.1) is 0 Å². The third kappa shape index (κ3) is 2.19. The first-order valence-corrected chi connectivity index (χ1v) is 4.58. The van der Waals surface area contributed by atoms with Gasteiger partial charge < -0.3 is 5.73 Å². The topological polar surface area (TPSA) is 26.0 Å². The van der Waals surface area contributed by atoms with Gasteiger partial charge in [-0.25, -0.2) is 4.39 Å². The molecule has 0 aromatic heterocycles. The molecule has 1 unspecified atom stereocenters. The second-order valence-electron chi connectivity index (χ2n) is 2.43. The van der Waals surface area contributed by atoms with Crippen molar-refractivity contribution in [2.45, 2.75) is 6.04 Å². The summed E-state index contributed by atoms with van der Waals surface area (Å²) in [5.41, 5.74) is 6.22. The van der Waals surface area contributed by atoms with Crippen LogP contribution >= 0.6 is 27.5 Å². The summed E-state index contributed by atoms with van der Waals surface area (Å²) in [6, 6.07) is 4.58. The van der Waals surface area contributed by atoms with E-state index in [0.29, 0.717) is 5.02 Å². The molecule has 4 heteroatoms. The predicted octanol–water partition coefficient (Wildman–Crippen LogP) is 3.07. The van der Waals surface area contributed by atoms with Crippen molar-refractivity contribution >= 4 is 27.5 Å². The molecule has 0 amide bonds. The third-order valence-corrected chi connectivity index (χ3v) is 2.75. The second kappa shape index (κ2) is 4.21. The molecule has 0 spiro atoms. The molecule has 66 valence electrons. The molecule has 0 saturated heterocycles. The zero-order valence-corrected chi connectivity index (χ0v) is 8.57. The van der Waals surface area contributed by atoms with Gasteiger partial charge in [-0.2, -0.15) is 0 Å². The summed E-state index contributed by atoms with van der Waals surface area (Å²) in [6.07, 6.45) is 0. The van der Waals surface area contributed by atoms with E-state index in [0.717, 1.165) is 10.0 Å². The van der Waals surface area contributed by atoms with Gasteiger partial charge in [-0.15, -0.1) is 0 Å². The summed E-state index contributed by atoms with van der Waals surface area (Å²) in [5.74, 6) is 0. The van der Waals surface area contributed by atoms with Crippen LogP contribution < -0.4 is 5.73 Å². The SMILES string of the molecule is NC(CF)c1ccc(Cl)c(Br)c1. The molecule has 0 aliphatic carbocycles. The molecule has 0 aliphatic heterocycles. The number of hydrogen-bond acceptors (Lipinski definition) is 1. The van der Waals surface area contributed by atoms with Crippen molar-refractivity contribution < 1.29 is 4.39 Å². The fraction of sp³-hybridized carbons (Fsp3) is 0.250. The van der Waals surface area contributed by atoms with Crippen molar-refractivity contribution in [1.82, 2.24) is 0 Å². The van der Waals surface area contributed by atoms with Crippen molar-refractivity contribution in [2.24, 2.45) is 5.73 Å². The maximum Gasteiger partial charge on any atom is 0.109 e. The van der Waals surface area contributed by atoms with Gasteiger partial charge in [0.1, 0.15) is 6.67 Å². The number of halogens is 3. The molecule has 2 N–H and O–H groups in total. The normalized spacial score (nSPS) is 13.0. The standard InChI is InChI=1S/C8H8BrClFN/c9-6-3-5(8(12)4-11)1-2-7(6)10/h1-3,8H,4,12H2. The molecule has 1 rings (SSSR count). The van der Waals surface area contributed by atoms with Crippen LogP contribution in [0.25, 0.3) is 0 Å². The Morgan fingerprint density at radius 1 is 1.58 bits per heavy atom. The summed E-state index contributed by atoms with van der Waals surface area (Å²) in [6.45, 7) is -0.561. The highest BCUT2D eigenvalue weighted by Gasteiger charge is 2.06. The molecular formula is C8H8BrClFN. The van der Waals surface area contributed by atoms with Crippen molar-refractivity contribution in [3.05, 3.63) is 33.3 Å². The van der Waals surface area contributed by atoms with Crippen LogP contribution in [-0.4, -0.2) is 6.67 Å². The first kappa shape index (κ1) is 9.96. The second-order valence-corrected chi connectivity index (χ2v) is 3.70. The molecule has 0 bridgehead atoms. The lowest BCUT2D eigenvalue weighted by molar-refractivity contribution is 0.437. The highest BCUT2D eigenvalue weighted by molar-refractivity contribution is 9.10. The summed E-state index contributed by atoms with van der Waals surface area (Å²) < 4.78 is 12.9. The molecule has 1 nitrogen and oxygen atoms in total. The van der Waals surface area contributed by atoms with E-state index in [1.54, 1.807) is 18.2 Å². The minimum Gasteiger partial charge on any atom is -0.322 e. The van der Waals surface area contributed by atoms with E-state index in [9.17, 15) is 4.39 Å². The largest absolute Gasteiger partial charge is 0.322 e. The minimum atomic E-state index is -0.561. The zero-order valence-electron chi connectivity index (χ0n) is 6.23. The van der Waals surface area contributed by atoms with Crippen LogP contribution in [0.5, 0.6) is 0 Å². The van der Waals surface area contributed by atoms with E-state index in [1.807, 2.05) is 0 Å². The highest BCUT2D eigenvalue weighted by atomic mass is 79.9. The molecule has 1 aromatic carbocycles. The summed E-state index contributed by atoms with van der Waals surface area (Å²) >= 11 is 8.98. The summed E-state index contributed by atoms with van der Waals surface area (Å²) in [5, 5.41) is 0.602. The smallest absolute Gasteiger partial charge is 0.109 e. The van der Waals surface area contributed by atoms with E-state index in [1.165, 1.54) is 0 Å². The Bertz CT molecular complexity index is 280. The average molecular weight is 253 g/mol. The quantitative estimate of drug-likeness (QED) is 0.860. The molecule has 1 aromatic rings. The minimum absolute atomic E-state index is 0.557. The van der Waals surface area contributed by atoms with Gasteiger partial charge in [0.15, 0.2) is 0 Å². The van der Waals surface area contributed by atoms with Crippen molar-refractivity contribution in [3.8, 4) is 0 Å². The molecule has 0 saturated carbocycles. The van der Waals surface area contributed by atoms with Gasteiger partial charge in [0.2, 0.25) is 0 Å². The lowest BCUT2D eigenvalue weighted by atomic mass is 10.1. The first-order valence-electron chi connectivity index (χ1n) is 3.41. The van der Waals surface area contributed by atoms with Crippen molar-refractivity contribution in [3.63, 3.8) is 0 Å². The lowest BCUT2D eigenvalue weighted by Crippen LogP contribution is -2.11. The van der Waals surface area contributed by atoms with Crippen LogP contribution in [0.4, 0.5) is 4.39 Å². The van der Waals surface area contributed by atoms with Gasteiger partial charge in [0.05, 0.1) is 11.1 Å². The van der Waals surface area contributed by atoms with Gasteiger partial charge in [-0.1, -0.05) is 17.7 Å². The van der Waals surface area contributed by atoms with Crippen LogP contribution in [0.2, 0.25) is 5.02 Å². The summed E-state index contributed by atoms with van der Waals surface area (Å²) in [4.78, 5) is 0. The Kier molecular flexibility index (Phi) is 3.50.